The zero-order valence-electron chi connectivity index (χ0n) is 16.9. The van der Waals surface area contributed by atoms with Gasteiger partial charge in [-0.1, -0.05) is 49.4 Å². The molecule has 0 fully saturated rings. The van der Waals surface area contributed by atoms with Crippen molar-refractivity contribution in [2.45, 2.75) is 19.5 Å². The number of aliphatic imine (C=N–C) groups is 1. The van der Waals surface area contributed by atoms with E-state index in [-0.39, 0.29) is 39.4 Å². The molecule has 0 bridgehead atoms. The zero-order valence-corrected chi connectivity index (χ0v) is 16.9. The Morgan fingerprint density at radius 1 is 1.09 bits per heavy atom. The van der Waals surface area contributed by atoms with Gasteiger partial charge < -0.3 is 9.73 Å². The van der Waals surface area contributed by atoms with Gasteiger partial charge in [-0.3, -0.25) is 9.79 Å². The predicted molar refractivity (Wildman–Crippen MR) is 113 cm³/mol. The molecule has 1 aliphatic rings. The minimum Gasteiger partial charge on any atom is -0.451 e. The Balaban J connectivity index is 1.73. The van der Waals surface area contributed by atoms with Crippen LogP contribution in [0.4, 0.5) is 17.6 Å². The number of allylic oxidation sites excluding steroid dienone is 3. The number of halogens is 4. The van der Waals surface area contributed by atoms with Gasteiger partial charge in [0.1, 0.15) is 11.4 Å². The molecular formula is C24H18F4N2O2. The standard InChI is InChI=1S/C24H18F4N2O2/c1-2-14-11-15(30-23(31)16-7-3-5-9-18(16)25)13-29-19(12-14)21-17-8-4-6-10-20(17)32-22(21)24(26,27)28/h3-14H,2H2,1H3,(H,30,31). The maximum absolute atomic E-state index is 13.9. The van der Waals surface area contributed by atoms with Crippen LogP contribution in [0, 0.1) is 11.7 Å². The minimum atomic E-state index is -4.71. The fourth-order valence-corrected chi connectivity index (χ4v) is 3.51. The van der Waals surface area contributed by atoms with Crippen LogP contribution in [-0.4, -0.2) is 12.1 Å². The molecule has 4 rings (SSSR count). The van der Waals surface area contributed by atoms with Crippen molar-refractivity contribution in [2.24, 2.45) is 10.9 Å². The quantitative estimate of drug-likeness (QED) is 0.478. The van der Waals surface area contributed by atoms with Crippen molar-refractivity contribution in [1.29, 1.82) is 0 Å². The molecule has 1 aliphatic heterocycles. The number of hydrogen-bond donors (Lipinski definition) is 1. The molecule has 1 amide bonds. The fraction of sp³-hybridized carbons (Fsp3) is 0.167. The maximum atomic E-state index is 13.9. The average molecular weight is 442 g/mol. The summed E-state index contributed by atoms with van der Waals surface area (Å²) in [6, 6.07) is 11.7. The van der Waals surface area contributed by atoms with Crippen LogP contribution < -0.4 is 5.32 Å². The van der Waals surface area contributed by atoms with Crippen molar-refractivity contribution in [3.8, 4) is 0 Å². The molecule has 2 aromatic carbocycles. The topological polar surface area (TPSA) is 54.6 Å². The summed E-state index contributed by atoms with van der Waals surface area (Å²) in [5, 5.41) is 2.87. The van der Waals surface area contributed by atoms with Crippen molar-refractivity contribution >= 4 is 28.8 Å². The number of carbonyl (C=O) groups is 1. The van der Waals surface area contributed by atoms with Crippen molar-refractivity contribution in [1.82, 2.24) is 5.32 Å². The number of benzene rings is 2. The summed E-state index contributed by atoms with van der Waals surface area (Å²) in [5.41, 5.74) is 0.146. The van der Waals surface area contributed by atoms with Crippen LogP contribution in [0.5, 0.6) is 0 Å². The van der Waals surface area contributed by atoms with E-state index in [9.17, 15) is 22.4 Å². The van der Waals surface area contributed by atoms with Gasteiger partial charge in [-0.2, -0.15) is 13.2 Å². The molecule has 1 atom stereocenters. The second-order valence-corrected chi connectivity index (χ2v) is 7.24. The molecule has 4 nitrogen and oxygen atoms in total. The number of hydrogen-bond acceptors (Lipinski definition) is 3. The van der Waals surface area contributed by atoms with Gasteiger partial charge in [0.05, 0.1) is 28.7 Å². The van der Waals surface area contributed by atoms with Gasteiger partial charge in [0.15, 0.2) is 0 Å². The molecule has 1 aromatic heterocycles. The van der Waals surface area contributed by atoms with Gasteiger partial charge in [-0.05, 0) is 30.5 Å². The lowest BCUT2D eigenvalue weighted by Crippen LogP contribution is -2.24. The Morgan fingerprint density at radius 2 is 1.81 bits per heavy atom. The Kier molecular flexibility index (Phi) is 5.69. The van der Waals surface area contributed by atoms with Gasteiger partial charge in [0.25, 0.3) is 5.91 Å². The van der Waals surface area contributed by atoms with Gasteiger partial charge >= 0.3 is 6.18 Å². The first-order valence-corrected chi connectivity index (χ1v) is 9.90. The Hall–Kier alpha value is -3.68. The molecule has 0 saturated heterocycles. The van der Waals surface area contributed by atoms with Gasteiger partial charge in [0, 0.05) is 5.39 Å². The van der Waals surface area contributed by atoms with Crippen LogP contribution in [-0.2, 0) is 6.18 Å². The number of nitrogens with zero attached hydrogens (tertiary/aromatic N) is 1. The largest absolute Gasteiger partial charge is 0.451 e. The van der Waals surface area contributed by atoms with Crippen LogP contribution in [0.2, 0.25) is 0 Å². The maximum Gasteiger partial charge on any atom is 0.450 e. The van der Waals surface area contributed by atoms with E-state index >= 15 is 0 Å². The lowest BCUT2D eigenvalue weighted by molar-refractivity contribution is -0.152. The molecule has 0 saturated carbocycles. The van der Waals surface area contributed by atoms with E-state index < -0.39 is 23.7 Å². The highest BCUT2D eigenvalue weighted by Gasteiger charge is 2.40. The number of nitrogens with one attached hydrogen (secondary N) is 1. The highest BCUT2D eigenvalue weighted by Crippen LogP contribution is 2.42. The Morgan fingerprint density at radius 3 is 2.53 bits per heavy atom. The number of amides is 1. The third-order valence-electron chi connectivity index (χ3n) is 5.07. The third kappa shape index (κ3) is 4.21. The smallest absolute Gasteiger partial charge is 0.450 e. The summed E-state index contributed by atoms with van der Waals surface area (Å²) in [6.07, 6.45) is 0.370. The minimum absolute atomic E-state index is 0.0838. The molecule has 8 heteroatoms. The van der Waals surface area contributed by atoms with Crippen molar-refractivity contribution in [3.05, 3.63) is 89.1 Å². The predicted octanol–water partition coefficient (Wildman–Crippen LogP) is 6.36. The van der Waals surface area contributed by atoms with E-state index in [1.54, 1.807) is 30.4 Å². The second-order valence-electron chi connectivity index (χ2n) is 7.24. The summed E-state index contributed by atoms with van der Waals surface area (Å²) >= 11 is 0. The average Bonchev–Trinajstić information content (AvgIpc) is 3.04. The van der Waals surface area contributed by atoms with Gasteiger partial charge in [0.2, 0.25) is 5.76 Å². The summed E-state index contributed by atoms with van der Waals surface area (Å²) in [5.74, 6) is -2.81. The van der Waals surface area contributed by atoms with E-state index in [2.05, 4.69) is 10.3 Å². The van der Waals surface area contributed by atoms with Crippen LogP contribution in [0.15, 0.2) is 75.8 Å². The van der Waals surface area contributed by atoms with E-state index in [0.29, 0.717) is 6.42 Å². The number of fused-ring (bicyclic) bond motifs is 1. The molecule has 0 aliphatic carbocycles. The van der Waals surface area contributed by atoms with E-state index in [0.717, 1.165) is 0 Å². The van der Waals surface area contributed by atoms with E-state index in [1.165, 1.54) is 36.5 Å². The molecule has 1 N–H and O–H groups in total. The third-order valence-corrected chi connectivity index (χ3v) is 5.07. The highest BCUT2D eigenvalue weighted by molar-refractivity contribution is 6.01. The first-order chi connectivity index (χ1) is 15.3. The Labute approximate surface area is 180 Å². The fourth-order valence-electron chi connectivity index (χ4n) is 3.51. The van der Waals surface area contributed by atoms with Crippen molar-refractivity contribution in [2.75, 3.05) is 0 Å². The summed E-state index contributed by atoms with van der Waals surface area (Å²) in [4.78, 5) is 16.7. The summed E-state index contributed by atoms with van der Waals surface area (Å²) in [6.45, 7) is 1.86. The Bertz CT molecular complexity index is 1270. The van der Waals surface area contributed by atoms with Crippen LogP contribution in [0.1, 0.15) is 35.0 Å². The van der Waals surface area contributed by atoms with Gasteiger partial charge in [-0.25, -0.2) is 4.39 Å². The zero-order chi connectivity index (χ0) is 22.9. The normalized spacial score (nSPS) is 16.5. The number of furan rings is 1. The lowest BCUT2D eigenvalue weighted by Gasteiger charge is -2.09. The molecule has 32 heavy (non-hydrogen) atoms. The number of carbonyl (C=O) groups excluding carboxylic acids is 1. The number of alkyl halides is 3. The van der Waals surface area contributed by atoms with Gasteiger partial charge in [-0.15, -0.1) is 0 Å². The van der Waals surface area contributed by atoms with Crippen molar-refractivity contribution in [3.63, 3.8) is 0 Å². The molecule has 0 radical (unpaired) electrons. The van der Waals surface area contributed by atoms with Crippen molar-refractivity contribution < 1.29 is 26.8 Å². The molecule has 164 valence electrons. The van der Waals surface area contributed by atoms with Crippen LogP contribution in [0.3, 0.4) is 0 Å². The molecular weight excluding hydrogens is 424 g/mol. The monoisotopic (exact) mass is 442 g/mol. The molecule has 0 spiro atoms. The molecule has 2 heterocycles. The summed E-state index contributed by atoms with van der Waals surface area (Å²) < 4.78 is 60.2. The molecule has 3 aromatic rings. The highest BCUT2D eigenvalue weighted by atomic mass is 19.4. The first kappa shape index (κ1) is 21.5. The van der Waals surface area contributed by atoms with E-state index in [1.807, 2.05) is 6.92 Å². The molecule has 1 unspecified atom stereocenters. The SMILES string of the molecule is CCC1C=C(NC(=O)c2ccccc2F)C=NC(c2c(C(F)(F)F)oc3ccccc23)=C1. The van der Waals surface area contributed by atoms with Crippen LogP contribution >= 0.6 is 0 Å². The van der Waals surface area contributed by atoms with Crippen LogP contribution in [0.25, 0.3) is 16.7 Å². The summed E-state index contributed by atoms with van der Waals surface area (Å²) in [7, 11) is 0. The number of para-hydroxylation sites is 1. The first-order valence-electron chi connectivity index (χ1n) is 9.90. The van der Waals surface area contributed by atoms with E-state index in [4.69, 9.17) is 4.42 Å². The second kappa shape index (κ2) is 8.45. The number of rotatable bonds is 4. The lowest BCUT2D eigenvalue weighted by atomic mass is 10.00.